The van der Waals surface area contributed by atoms with Crippen LogP contribution in [0.3, 0.4) is 0 Å². The number of benzene rings is 1. The van der Waals surface area contributed by atoms with Crippen molar-refractivity contribution in [3.63, 3.8) is 0 Å². The molecule has 1 saturated heterocycles. The lowest BCUT2D eigenvalue weighted by atomic mass is 9.97. The van der Waals surface area contributed by atoms with Crippen LogP contribution in [0.1, 0.15) is 31.9 Å². The summed E-state index contributed by atoms with van der Waals surface area (Å²) in [6.07, 6.45) is -5.99. The van der Waals surface area contributed by atoms with Crippen LogP contribution in [0.4, 0.5) is 0 Å². The highest BCUT2D eigenvalue weighted by molar-refractivity contribution is 7.51. The van der Waals surface area contributed by atoms with Crippen molar-refractivity contribution >= 4 is 7.60 Å². The molecule has 5 atom stereocenters. The maximum Gasteiger partial charge on any atom is 0.325 e. The Bertz CT molecular complexity index is 884. The van der Waals surface area contributed by atoms with Crippen LogP contribution in [0.5, 0.6) is 5.75 Å². The molecule has 30 heavy (non-hydrogen) atoms. The molecular formula is C18H26N3O8P. The normalized spacial score (nSPS) is 27.4. The summed E-state index contributed by atoms with van der Waals surface area (Å²) in [4.78, 5) is 18.0. The summed E-state index contributed by atoms with van der Waals surface area (Å²) in [5, 5.41) is 38.4. The molecule has 0 radical (unpaired) electrons. The van der Waals surface area contributed by atoms with Crippen molar-refractivity contribution in [3.05, 3.63) is 36.2 Å². The van der Waals surface area contributed by atoms with Gasteiger partial charge in [-0.1, -0.05) is 19.1 Å². The molecule has 1 fully saturated rings. The van der Waals surface area contributed by atoms with Gasteiger partial charge in [0.15, 0.2) is 0 Å². The van der Waals surface area contributed by atoms with Gasteiger partial charge in [-0.05, 0) is 36.6 Å². The molecule has 1 aliphatic rings. The van der Waals surface area contributed by atoms with E-state index in [0.29, 0.717) is 5.75 Å². The Morgan fingerprint density at radius 1 is 1.13 bits per heavy atom. The first kappa shape index (κ1) is 22.8. The first-order valence-electron chi connectivity index (χ1n) is 9.49. The van der Waals surface area contributed by atoms with E-state index in [9.17, 15) is 19.9 Å². The molecule has 3 rings (SSSR count). The Labute approximate surface area is 173 Å². The number of ether oxygens (including phenoxy) is 2. The summed E-state index contributed by atoms with van der Waals surface area (Å²) in [6.45, 7) is 4.03. The summed E-state index contributed by atoms with van der Waals surface area (Å²) in [7, 11) is -4.31. The molecule has 0 bridgehead atoms. The number of aliphatic hydroxyl groups excluding tert-OH is 3. The maximum atomic E-state index is 11.1. The Kier molecular flexibility index (Phi) is 6.93. The van der Waals surface area contributed by atoms with Gasteiger partial charge in [-0.25, -0.2) is 4.68 Å². The summed E-state index contributed by atoms with van der Waals surface area (Å²) in [5.74, 6) is 0.566. The van der Waals surface area contributed by atoms with E-state index in [4.69, 9.17) is 19.3 Å². The average Bonchev–Trinajstić information content (AvgIpc) is 3.18. The van der Waals surface area contributed by atoms with Gasteiger partial charge >= 0.3 is 7.60 Å². The molecule has 0 spiro atoms. The van der Waals surface area contributed by atoms with Crippen molar-refractivity contribution < 1.29 is 39.1 Å². The summed E-state index contributed by atoms with van der Waals surface area (Å²) in [6, 6.07) is 6.67. The number of aromatic nitrogens is 3. The van der Waals surface area contributed by atoms with Crippen molar-refractivity contribution in [3.8, 4) is 11.4 Å². The molecule has 2 heterocycles. The van der Waals surface area contributed by atoms with Crippen molar-refractivity contribution in [2.45, 2.75) is 56.9 Å². The van der Waals surface area contributed by atoms with Crippen LogP contribution in [-0.2, 0) is 9.30 Å². The SMILES string of the molecule is CC(C)c1cn(-c2ccc(O[C@H]3O[C@H](CCP(=O)(O)O)[C@@H](O)[C@H](O)[C@@H]3O)cc2)nn1. The molecule has 0 aliphatic carbocycles. The van der Waals surface area contributed by atoms with Crippen LogP contribution in [0.25, 0.3) is 5.69 Å². The standard InChI is InChI=1S/C18H26N3O8P/c1-10(2)13-9-21(20-19-13)11-3-5-12(6-4-11)28-18-17(24)16(23)15(22)14(29-18)7-8-30(25,26)27/h3-6,9-10,14-18,22-24H,7-8H2,1-2H3,(H2,25,26,27)/t14-,15-,16+,17+,18+/m1/s1. The van der Waals surface area contributed by atoms with Gasteiger partial charge in [0, 0.05) is 0 Å². The first-order valence-corrected chi connectivity index (χ1v) is 11.3. The highest BCUT2D eigenvalue weighted by Gasteiger charge is 2.45. The minimum absolute atomic E-state index is 0.210. The molecule has 1 aromatic carbocycles. The van der Waals surface area contributed by atoms with Crippen LogP contribution in [0.15, 0.2) is 30.5 Å². The molecular weight excluding hydrogens is 417 g/mol. The van der Waals surface area contributed by atoms with E-state index in [2.05, 4.69) is 10.3 Å². The second kappa shape index (κ2) is 9.11. The smallest absolute Gasteiger partial charge is 0.325 e. The lowest BCUT2D eigenvalue weighted by molar-refractivity contribution is -0.272. The molecule has 1 aromatic heterocycles. The highest BCUT2D eigenvalue weighted by atomic mass is 31.2. The first-order chi connectivity index (χ1) is 14.0. The van der Waals surface area contributed by atoms with Gasteiger partial charge in [0.1, 0.15) is 24.1 Å². The number of hydrogen-bond donors (Lipinski definition) is 5. The second-order valence-corrected chi connectivity index (χ2v) is 9.32. The van der Waals surface area contributed by atoms with Gasteiger partial charge in [0.25, 0.3) is 0 Å². The Hall–Kier alpha value is -1.85. The summed E-state index contributed by atoms with van der Waals surface area (Å²) < 4.78 is 23.8. The van der Waals surface area contributed by atoms with Crippen LogP contribution < -0.4 is 4.74 Å². The molecule has 5 N–H and O–H groups in total. The molecule has 0 unspecified atom stereocenters. The zero-order valence-corrected chi connectivity index (χ0v) is 17.4. The van der Waals surface area contributed by atoms with Gasteiger partial charge in [-0.3, -0.25) is 4.57 Å². The van der Waals surface area contributed by atoms with Crippen molar-refractivity contribution in [2.24, 2.45) is 0 Å². The Morgan fingerprint density at radius 3 is 2.37 bits per heavy atom. The Balaban J connectivity index is 1.68. The van der Waals surface area contributed by atoms with Crippen LogP contribution in [0, 0.1) is 0 Å². The zero-order chi connectivity index (χ0) is 22.1. The van der Waals surface area contributed by atoms with E-state index in [-0.39, 0.29) is 12.3 Å². The van der Waals surface area contributed by atoms with Crippen LogP contribution in [-0.4, -0.2) is 77.0 Å². The summed E-state index contributed by atoms with van der Waals surface area (Å²) in [5.41, 5.74) is 1.59. The predicted molar refractivity (Wildman–Crippen MR) is 104 cm³/mol. The average molecular weight is 443 g/mol. The lowest BCUT2D eigenvalue weighted by Crippen LogP contribution is -2.59. The monoisotopic (exact) mass is 443 g/mol. The number of aliphatic hydroxyl groups is 3. The molecule has 11 nitrogen and oxygen atoms in total. The van der Waals surface area contributed by atoms with Gasteiger partial charge in [0.05, 0.1) is 29.8 Å². The van der Waals surface area contributed by atoms with E-state index in [1.54, 1.807) is 28.9 Å². The summed E-state index contributed by atoms with van der Waals surface area (Å²) >= 11 is 0. The predicted octanol–water partition coefficient (Wildman–Crippen LogP) is 0.145. The van der Waals surface area contributed by atoms with Crippen molar-refractivity contribution in [1.82, 2.24) is 15.0 Å². The molecule has 12 heteroatoms. The largest absolute Gasteiger partial charge is 0.462 e. The molecule has 0 saturated carbocycles. The fourth-order valence-electron chi connectivity index (χ4n) is 3.03. The van der Waals surface area contributed by atoms with E-state index in [1.807, 2.05) is 20.0 Å². The van der Waals surface area contributed by atoms with Gasteiger partial charge in [0.2, 0.25) is 6.29 Å². The van der Waals surface area contributed by atoms with Gasteiger partial charge < -0.3 is 34.6 Å². The molecule has 2 aromatic rings. The fraction of sp³-hybridized carbons (Fsp3) is 0.556. The quantitative estimate of drug-likeness (QED) is 0.371. The third kappa shape index (κ3) is 5.44. The van der Waals surface area contributed by atoms with E-state index in [0.717, 1.165) is 11.4 Å². The van der Waals surface area contributed by atoms with Crippen molar-refractivity contribution in [1.29, 1.82) is 0 Å². The van der Waals surface area contributed by atoms with Gasteiger partial charge in [-0.15, -0.1) is 5.10 Å². The molecule has 166 valence electrons. The molecule has 1 aliphatic heterocycles. The second-order valence-electron chi connectivity index (χ2n) is 7.55. The van der Waals surface area contributed by atoms with E-state index < -0.39 is 44.5 Å². The Morgan fingerprint density at radius 2 is 1.80 bits per heavy atom. The topological polar surface area (TPSA) is 167 Å². The lowest BCUT2D eigenvalue weighted by Gasteiger charge is -2.40. The number of nitrogens with zero attached hydrogens (tertiary/aromatic N) is 3. The van der Waals surface area contributed by atoms with E-state index >= 15 is 0 Å². The maximum absolute atomic E-state index is 11.1. The minimum Gasteiger partial charge on any atom is -0.462 e. The third-order valence-electron chi connectivity index (χ3n) is 4.83. The van der Waals surface area contributed by atoms with Crippen LogP contribution >= 0.6 is 7.60 Å². The van der Waals surface area contributed by atoms with Gasteiger partial charge in [-0.2, -0.15) is 0 Å². The highest BCUT2D eigenvalue weighted by Crippen LogP contribution is 2.37. The molecule has 0 amide bonds. The zero-order valence-electron chi connectivity index (χ0n) is 16.5. The minimum atomic E-state index is -4.31. The fourth-order valence-corrected chi connectivity index (χ4v) is 3.62. The van der Waals surface area contributed by atoms with E-state index in [1.165, 1.54) is 0 Å². The van der Waals surface area contributed by atoms with Crippen molar-refractivity contribution in [2.75, 3.05) is 6.16 Å². The number of hydrogen-bond acceptors (Lipinski definition) is 8. The van der Waals surface area contributed by atoms with Crippen LogP contribution in [0.2, 0.25) is 0 Å². The number of rotatable bonds is 7. The third-order valence-corrected chi connectivity index (χ3v) is 5.67.